The first-order chi connectivity index (χ1) is 12.8. The van der Waals surface area contributed by atoms with Crippen molar-refractivity contribution in [2.24, 2.45) is 0 Å². The summed E-state index contributed by atoms with van der Waals surface area (Å²) < 4.78 is 26.1. The van der Waals surface area contributed by atoms with Gasteiger partial charge in [0.25, 0.3) is 5.91 Å². The van der Waals surface area contributed by atoms with Crippen LogP contribution in [0.25, 0.3) is 0 Å². The van der Waals surface area contributed by atoms with E-state index in [-0.39, 0.29) is 21.4 Å². The van der Waals surface area contributed by atoms with Crippen LogP contribution in [0.4, 0.5) is 11.4 Å². The summed E-state index contributed by atoms with van der Waals surface area (Å²) in [5, 5.41) is 2.83. The van der Waals surface area contributed by atoms with Crippen molar-refractivity contribution in [3.05, 3.63) is 53.1 Å². The van der Waals surface area contributed by atoms with E-state index in [0.717, 1.165) is 6.42 Å². The molecule has 0 radical (unpaired) electrons. The summed E-state index contributed by atoms with van der Waals surface area (Å²) in [6.07, 6.45) is 1.32. The number of carbonyl (C=O) groups is 2. The van der Waals surface area contributed by atoms with Gasteiger partial charge in [-0.3, -0.25) is 9.59 Å². The molecule has 3 rings (SSSR count). The molecule has 1 fully saturated rings. The monoisotopic (exact) mass is 407 g/mol. The van der Waals surface area contributed by atoms with Crippen molar-refractivity contribution in [1.29, 1.82) is 0 Å². The number of nitrogens with zero attached hydrogens (tertiary/aromatic N) is 1. The Bertz CT molecular complexity index is 1010. The molecule has 0 aliphatic carbocycles. The quantitative estimate of drug-likeness (QED) is 0.796. The first-order valence-corrected chi connectivity index (χ1v) is 10.1. The fraction of sp³-hybridized carbons (Fsp3) is 0.222. The predicted molar refractivity (Wildman–Crippen MR) is 104 cm³/mol. The SMILES string of the molecule is CNS(=O)(=O)c1ccc(Cl)c(C(=O)Nc2cccc(N3CCCC3=O)c2)c1. The average molecular weight is 408 g/mol. The van der Waals surface area contributed by atoms with E-state index in [1.165, 1.54) is 25.2 Å². The topological polar surface area (TPSA) is 95.6 Å². The maximum atomic E-state index is 12.6. The zero-order valence-electron chi connectivity index (χ0n) is 14.5. The summed E-state index contributed by atoms with van der Waals surface area (Å²) in [6.45, 7) is 0.645. The van der Waals surface area contributed by atoms with Crippen LogP contribution in [0.5, 0.6) is 0 Å². The number of hydrogen-bond donors (Lipinski definition) is 2. The molecular weight excluding hydrogens is 390 g/mol. The number of amides is 2. The number of anilines is 2. The van der Waals surface area contributed by atoms with Crippen LogP contribution in [0.1, 0.15) is 23.2 Å². The van der Waals surface area contributed by atoms with Gasteiger partial charge in [-0.25, -0.2) is 13.1 Å². The number of rotatable bonds is 5. The predicted octanol–water partition coefficient (Wildman–Crippen LogP) is 2.63. The molecular formula is C18H18ClN3O4S. The summed E-state index contributed by atoms with van der Waals surface area (Å²) in [5.74, 6) is -0.496. The van der Waals surface area contributed by atoms with Crippen molar-refractivity contribution < 1.29 is 18.0 Å². The van der Waals surface area contributed by atoms with E-state index in [2.05, 4.69) is 10.0 Å². The van der Waals surface area contributed by atoms with Crippen LogP contribution >= 0.6 is 11.6 Å². The van der Waals surface area contributed by atoms with Crippen molar-refractivity contribution in [1.82, 2.24) is 4.72 Å². The molecule has 0 saturated carbocycles. The van der Waals surface area contributed by atoms with Crippen LogP contribution in [0, 0.1) is 0 Å². The minimum absolute atomic E-state index is 0.0376. The van der Waals surface area contributed by atoms with E-state index in [1.807, 2.05) is 0 Å². The second-order valence-electron chi connectivity index (χ2n) is 6.00. The summed E-state index contributed by atoms with van der Waals surface area (Å²) in [6, 6.07) is 10.8. The largest absolute Gasteiger partial charge is 0.322 e. The lowest BCUT2D eigenvalue weighted by Gasteiger charge is -2.17. The Balaban J connectivity index is 1.86. The van der Waals surface area contributed by atoms with Gasteiger partial charge in [0.1, 0.15) is 0 Å². The van der Waals surface area contributed by atoms with E-state index in [4.69, 9.17) is 11.6 Å². The van der Waals surface area contributed by atoms with Crippen LogP contribution in [0.3, 0.4) is 0 Å². The molecule has 0 atom stereocenters. The van der Waals surface area contributed by atoms with Gasteiger partial charge >= 0.3 is 0 Å². The molecule has 0 unspecified atom stereocenters. The summed E-state index contributed by atoms with van der Waals surface area (Å²) in [7, 11) is -2.41. The van der Waals surface area contributed by atoms with Gasteiger partial charge in [0.15, 0.2) is 0 Å². The normalized spacial score (nSPS) is 14.4. The zero-order chi connectivity index (χ0) is 19.6. The van der Waals surface area contributed by atoms with Gasteiger partial charge in [0, 0.05) is 24.3 Å². The lowest BCUT2D eigenvalue weighted by molar-refractivity contribution is -0.117. The molecule has 2 aromatic rings. The van der Waals surface area contributed by atoms with Crippen LogP contribution in [-0.4, -0.2) is 33.8 Å². The summed E-state index contributed by atoms with van der Waals surface area (Å²) in [5.41, 5.74) is 1.22. The molecule has 2 aromatic carbocycles. The third-order valence-electron chi connectivity index (χ3n) is 4.25. The molecule has 0 aromatic heterocycles. The Hall–Kier alpha value is -2.42. The number of carbonyl (C=O) groups excluding carboxylic acids is 2. The van der Waals surface area contributed by atoms with Gasteiger partial charge in [0.05, 0.1) is 15.5 Å². The summed E-state index contributed by atoms with van der Waals surface area (Å²) in [4.78, 5) is 26.1. The second kappa shape index (κ2) is 7.67. The molecule has 0 bridgehead atoms. The van der Waals surface area contributed by atoms with Gasteiger partial charge in [0.2, 0.25) is 15.9 Å². The van der Waals surface area contributed by atoms with Crippen molar-refractivity contribution in [3.8, 4) is 0 Å². The lowest BCUT2D eigenvalue weighted by atomic mass is 10.2. The van der Waals surface area contributed by atoms with Gasteiger partial charge in [-0.1, -0.05) is 17.7 Å². The molecule has 0 spiro atoms. The van der Waals surface area contributed by atoms with Gasteiger partial charge in [-0.2, -0.15) is 0 Å². The lowest BCUT2D eigenvalue weighted by Crippen LogP contribution is -2.23. The van der Waals surface area contributed by atoms with E-state index in [9.17, 15) is 18.0 Å². The highest BCUT2D eigenvalue weighted by atomic mass is 35.5. The van der Waals surface area contributed by atoms with Crippen LogP contribution in [0.2, 0.25) is 5.02 Å². The van der Waals surface area contributed by atoms with Crippen LogP contribution in [0.15, 0.2) is 47.4 Å². The average Bonchev–Trinajstić information content (AvgIpc) is 3.08. The van der Waals surface area contributed by atoms with Gasteiger partial charge in [-0.05, 0) is 49.9 Å². The number of nitrogens with one attached hydrogen (secondary N) is 2. The van der Waals surface area contributed by atoms with Gasteiger partial charge < -0.3 is 10.2 Å². The van der Waals surface area contributed by atoms with Gasteiger partial charge in [-0.15, -0.1) is 0 Å². The van der Waals surface area contributed by atoms with E-state index < -0.39 is 15.9 Å². The fourth-order valence-corrected chi connectivity index (χ4v) is 3.79. The molecule has 1 saturated heterocycles. The van der Waals surface area contributed by atoms with E-state index >= 15 is 0 Å². The molecule has 1 aliphatic rings. The van der Waals surface area contributed by atoms with Crippen molar-refractivity contribution in [2.75, 3.05) is 23.8 Å². The van der Waals surface area contributed by atoms with Crippen molar-refractivity contribution >= 4 is 44.8 Å². The molecule has 9 heteroatoms. The second-order valence-corrected chi connectivity index (χ2v) is 8.30. The van der Waals surface area contributed by atoms with Crippen molar-refractivity contribution in [2.45, 2.75) is 17.7 Å². The Labute approximate surface area is 162 Å². The Kier molecular flexibility index (Phi) is 5.50. The molecule has 27 heavy (non-hydrogen) atoms. The third kappa shape index (κ3) is 4.13. The minimum atomic E-state index is -3.70. The maximum Gasteiger partial charge on any atom is 0.257 e. The number of benzene rings is 2. The Morgan fingerprint density at radius 2 is 1.96 bits per heavy atom. The molecule has 142 valence electrons. The summed E-state index contributed by atoms with van der Waals surface area (Å²) >= 11 is 6.08. The fourth-order valence-electron chi connectivity index (χ4n) is 2.83. The molecule has 2 amide bonds. The standard InChI is InChI=1S/C18H18ClN3O4S/c1-20-27(25,26)14-7-8-16(19)15(11-14)18(24)21-12-4-2-5-13(10-12)22-9-3-6-17(22)23/h2,4-5,7-8,10-11,20H,3,6,9H2,1H3,(H,21,24). The molecule has 7 nitrogen and oxygen atoms in total. The first kappa shape index (κ1) is 19.3. The van der Waals surface area contributed by atoms with Crippen LogP contribution < -0.4 is 14.9 Å². The highest BCUT2D eigenvalue weighted by molar-refractivity contribution is 7.89. The highest BCUT2D eigenvalue weighted by Crippen LogP contribution is 2.26. The smallest absolute Gasteiger partial charge is 0.257 e. The molecule has 1 aliphatic heterocycles. The Morgan fingerprint density at radius 3 is 2.63 bits per heavy atom. The van der Waals surface area contributed by atoms with E-state index in [1.54, 1.807) is 29.2 Å². The van der Waals surface area contributed by atoms with Crippen molar-refractivity contribution in [3.63, 3.8) is 0 Å². The highest BCUT2D eigenvalue weighted by Gasteiger charge is 2.22. The maximum absolute atomic E-state index is 12.6. The number of hydrogen-bond acceptors (Lipinski definition) is 4. The first-order valence-electron chi connectivity index (χ1n) is 8.27. The zero-order valence-corrected chi connectivity index (χ0v) is 16.1. The van der Waals surface area contributed by atoms with Crippen LogP contribution in [-0.2, 0) is 14.8 Å². The minimum Gasteiger partial charge on any atom is -0.322 e. The number of halogens is 1. The molecule has 1 heterocycles. The molecule has 2 N–H and O–H groups in total. The number of sulfonamides is 1. The third-order valence-corrected chi connectivity index (χ3v) is 5.99. The van der Waals surface area contributed by atoms with E-state index in [0.29, 0.717) is 24.3 Å². The Morgan fingerprint density at radius 1 is 1.19 bits per heavy atom.